The molecule has 104 valence electrons. The van der Waals surface area contributed by atoms with Gasteiger partial charge < -0.3 is 5.32 Å². The zero-order valence-corrected chi connectivity index (χ0v) is 12.2. The van der Waals surface area contributed by atoms with Crippen molar-refractivity contribution in [3.05, 3.63) is 57.8 Å². The van der Waals surface area contributed by atoms with Gasteiger partial charge in [-0.25, -0.2) is 13.8 Å². The largest absolute Gasteiger partial charge is 0.324 e. The molecule has 2 rings (SSSR count). The van der Waals surface area contributed by atoms with Gasteiger partial charge in [-0.2, -0.15) is 0 Å². The Hall–Kier alpha value is -1.82. The number of halogens is 3. The van der Waals surface area contributed by atoms with Crippen LogP contribution in [0.5, 0.6) is 0 Å². The molecule has 1 amide bonds. The Morgan fingerprint density at radius 1 is 1.40 bits per heavy atom. The number of carbonyl (C=O) groups excluding carboxylic acids is 1. The van der Waals surface area contributed by atoms with E-state index >= 15 is 0 Å². The standard InChI is InChI=1S/C14H11BrF2N2O/c1-8-5-10(7-18-14(8)15)19-12(20)6-9-3-2-4-11(16)13(9)17/h2-5,7H,6H2,1H3,(H,19,20). The van der Waals surface area contributed by atoms with Gasteiger partial charge in [0.2, 0.25) is 5.91 Å². The Labute approximate surface area is 123 Å². The van der Waals surface area contributed by atoms with Crippen LogP contribution in [0.2, 0.25) is 0 Å². The van der Waals surface area contributed by atoms with E-state index in [4.69, 9.17) is 0 Å². The normalized spacial score (nSPS) is 10.4. The van der Waals surface area contributed by atoms with E-state index in [0.717, 1.165) is 11.6 Å². The first-order valence-electron chi connectivity index (χ1n) is 5.82. The van der Waals surface area contributed by atoms with Crippen LogP contribution in [0.1, 0.15) is 11.1 Å². The van der Waals surface area contributed by atoms with Crippen LogP contribution in [0.3, 0.4) is 0 Å². The van der Waals surface area contributed by atoms with E-state index in [1.54, 1.807) is 6.07 Å². The highest BCUT2D eigenvalue weighted by Gasteiger charge is 2.12. The lowest BCUT2D eigenvalue weighted by molar-refractivity contribution is -0.115. The smallest absolute Gasteiger partial charge is 0.228 e. The number of rotatable bonds is 3. The van der Waals surface area contributed by atoms with E-state index in [9.17, 15) is 13.6 Å². The SMILES string of the molecule is Cc1cc(NC(=O)Cc2cccc(F)c2F)cnc1Br. The van der Waals surface area contributed by atoms with Crippen molar-refractivity contribution in [2.45, 2.75) is 13.3 Å². The van der Waals surface area contributed by atoms with E-state index in [2.05, 4.69) is 26.2 Å². The maximum atomic E-state index is 13.4. The van der Waals surface area contributed by atoms with Crippen LogP contribution in [0.15, 0.2) is 35.1 Å². The van der Waals surface area contributed by atoms with Crippen molar-refractivity contribution in [1.82, 2.24) is 4.98 Å². The molecule has 0 saturated heterocycles. The molecule has 1 heterocycles. The average Bonchev–Trinajstić information content (AvgIpc) is 2.39. The van der Waals surface area contributed by atoms with Gasteiger partial charge in [0.25, 0.3) is 0 Å². The molecule has 20 heavy (non-hydrogen) atoms. The summed E-state index contributed by atoms with van der Waals surface area (Å²) in [5.41, 5.74) is 1.39. The molecule has 1 aromatic carbocycles. The first kappa shape index (κ1) is 14.6. The van der Waals surface area contributed by atoms with Crippen molar-refractivity contribution >= 4 is 27.5 Å². The third-order valence-corrected chi connectivity index (χ3v) is 3.51. The second kappa shape index (κ2) is 6.09. The average molecular weight is 341 g/mol. The zero-order valence-electron chi connectivity index (χ0n) is 10.6. The van der Waals surface area contributed by atoms with Crippen LogP contribution in [0.25, 0.3) is 0 Å². The van der Waals surface area contributed by atoms with Crippen LogP contribution in [0, 0.1) is 18.6 Å². The molecule has 0 radical (unpaired) electrons. The molecule has 1 N–H and O–H groups in total. The molecule has 0 saturated carbocycles. The summed E-state index contributed by atoms with van der Waals surface area (Å²) in [6.07, 6.45) is 1.25. The summed E-state index contributed by atoms with van der Waals surface area (Å²) >= 11 is 3.25. The van der Waals surface area contributed by atoms with E-state index in [1.807, 2.05) is 6.92 Å². The zero-order chi connectivity index (χ0) is 14.7. The molecule has 0 bridgehead atoms. The minimum Gasteiger partial charge on any atom is -0.324 e. The van der Waals surface area contributed by atoms with Crippen molar-refractivity contribution in [1.29, 1.82) is 0 Å². The molecule has 3 nitrogen and oxygen atoms in total. The van der Waals surface area contributed by atoms with Gasteiger partial charge >= 0.3 is 0 Å². The molecule has 1 aromatic heterocycles. The number of hydrogen-bond acceptors (Lipinski definition) is 2. The van der Waals surface area contributed by atoms with Crippen LogP contribution < -0.4 is 5.32 Å². The summed E-state index contributed by atoms with van der Waals surface area (Å²) in [6.45, 7) is 1.83. The van der Waals surface area contributed by atoms with Gasteiger partial charge in [0.15, 0.2) is 11.6 Å². The predicted octanol–water partition coefficient (Wildman–Crippen LogP) is 3.61. The monoisotopic (exact) mass is 340 g/mol. The Morgan fingerprint density at radius 3 is 2.85 bits per heavy atom. The van der Waals surface area contributed by atoms with Crippen molar-refractivity contribution in [2.75, 3.05) is 5.32 Å². The summed E-state index contributed by atoms with van der Waals surface area (Å²) in [6, 6.07) is 5.49. The maximum absolute atomic E-state index is 13.4. The fraction of sp³-hybridized carbons (Fsp3) is 0.143. The van der Waals surface area contributed by atoms with Gasteiger partial charge in [-0.05, 0) is 40.5 Å². The molecule has 2 aromatic rings. The van der Waals surface area contributed by atoms with Crippen LogP contribution in [-0.4, -0.2) is 10.9 Å². The van der Waals surface area contributed by atoms with Gasteiger partial charge in [-0.1, -0.05) is 12.1 Å². The summed E-state index contributed by atoms with van der Waals surface area (Å²) < 4.78 is 27.2. The molecular formula is C14H11BrF2N2O. The highest BCUT2D eigenvalue weighted by molar-refractivity contribution is 9.10. The molecule has 0 aliphatic rings. The number of amides is 1. The fourth-order valence-electron chi connectivity index (χ4n) is 1.69. The third kappa shape index (κ3) is 3.39. The molecule has 0 atom stereocenters. The van der Waals surface area contributed by atoms with Crippen LogP contribution in [-0.2, 0) is 11.2 Å². The lowest BCUT2D eigenvalue weighted by Gasteiger charge is -2.07. The van der Waals surface area contributed by atoms with Gasteiger partial charge in [0.1, 0.15) is 4.60 Å². The maximum Gasteiger partial charge on any atom is 0.228 e. The second-order valence-electron chi connectivity index (χ2n) is 4.27. The van der Waals surface area contributed by atoms with Gasteiger partial charge in [-0.15, -0.1) is 0 Å². The highest BCUT2D eigenvalue weighted by atomic mass is 79.9. The number of pyridine rings is 1. The van der Waals surface area contributed by atoms with Crippen molar-refractivity contribution in [2.24, 2.45) is 0 Å². The third-order valence-electron chi connectivity index (χ3n) is 2.68. The molecule has 0 unspecified atom stereocenters. The molecule has 0 spiro atoms. The first-order chi connectivity index (χ1) is 9.47. The second-order valence-corrected chi connectivity index (χ2v) is 5.02. The minimum atomic E-state index is -0.993. The van der Waals surface area contributed by atoms with E-state index in [1.165, 1.54) is 18.3 Å². The number of hydrogen-bond donors (Lipinski definition) is 1. The topological polar surface area (TPSA) is 42.0 Å². The van der Waals surface area contributed by atoms with Gasteiger partial charge in [0, 0.05) is 5.56 Å². The number of nitrogens with zero attached hydrogens (tertiary/aromatic N) is 1. The summed E-state index contributed by atoms with van der Waals surface area (Å²) in [5.74, 6) is -2.39. The Morgan fingerprint density at radius 2 is 2.15 bits per heavy atom. The van der Waals surface area contributed by atoms with Crippen molar-refractivity contribution < 1.29 is 13.6 Å². The minimum absolute atomic E-state index is 0.0179. The number of aryl methyl sites for hydroxylation is 1. The molecule has 6 heteroatoms. The predicted molar refractivity (Wildman–Crippen MR) is 75.4 cm³/mol. The number of nitrogens with one attached hydrogen (secondary N) is 1. The lowest BCUT2D eigenvalue weighted by Crippen LogP contribution is -2.15. The first-order valence-corrected chi connectivity index (χ1v) is 6.61. The Bertz CT molecular complexity index is 662. The number of carbonyl (C=O) groups is 1. The van der Waals surface area contributed by atoms with Gasteiger partial charge in [-0.3, -0.25) is 4.79 Å². The van der Waals surface area contributed by atoms with Crippen molar-refractivity contribution in [3.8, 4) is 0 Å². The van der Waals surface area contributed by atoms with E-state index in [-0.39, 0.29) is 12.0 Å². The van der Waals surface area contributed by atoms with Crippen LogP contribution >= 0.6 is 15.9 Å². The molecule has 0 aliphatic carbocycles. The van der Waals surface area contributed by atoms with Gasteiger partial charge in [0.05, 0.1) is 18.3 Å². The Balaban J connectivity index is 2.09. The summed E-state index contributed by atoms with van der Waals surface area (Å²) in [4.78, 5) is 15.8. The number of anilines is 1. The quantitative estimate of drug-likeness (QED) is 0.867. The Kier molecular flexibility index (Phi) is 4.44. The molecule has 0 fully saturated rings. The number of benzene rings is 1. The lowest BCUT2D eigenvalue weighted by atomic mass is 10.1. The summed E-state index contributed by atoms with van der Waals surface area (Å²) in [7, 11) is 0. The van der Waals surface area contributed by atoms with Crippen LogP contribution in [0.4, 0.5) is 14.5 Å². The molecular weight excluding hydrogens is 330 g/mol. The van der Waals surface area contributed by atoms with Crippen molar-refractivity contribution in [3.63, 3.8) is 0 Å². The van der Waals surface area contributed by atoms with E-state index in [0.29, 0.717) is 10.3 Å². The van der Waals surface area contributed by atoms with E-state index < -0.39 is 17.5 Å². The highest BCUT2D eigenvalue weighted by Crippen LogP contribution is 2.17. The summed E-state index contributed by atoms with van der Waals surface area (Å²) in [5, 5.41) is 2.59. The molecule has 0 aliphatic heterocycles. The fourth-order valence-corrected chi connectivity index (χ4v) is 1.91. The number of aromatic nitrogens is 1.